The molecular formula is C24H14Cl4N2O4. The fourth-order valence-electron chi connectivity index (χ4n) is 3.29. The van der Waals surface area contributed by atoms with Crippen molar-refractivity contribution in [2.45, 2.75) is 6.61 Å². The number of imide groups is 2. The number of carbonyl (C=O) groups is 3. The van der Waals surface area contributed by atoms with Crippen molar-refractivity contribution in [3.8, 4) is 5.75 Å². The summed E-state index contributed by atoms with van der Waals surface area (Å²) < 4.78 is 5.89. The standard InChI is InChI=1S/C24H14Cl4N2O4/c25-15-5-3-4-13(8-15)12-34-21-14(9-16(26)11-19(21)28)10-17-22(31)29-24(33)30(23(17)32)20-7-2-1-6-18(20)27/h1-11H,12H2,(H,29,31,33)/b17-10+. The summed E-state index contributed by atoms with van der Waals surface area (Å²) in [7, 11) is 0. The molecule has 0 unspecified atom stereocenters. The van der Waals surface area contributed by atoms with E-state index < -0.39 is 17.8 Å². The molecule has 0 radical (unpaired) electrons. The Labute approximate surface area is 214 Å². The van der Waals surface area contributed by atoms with Crippen molar-refractivity contribution >= 4 is 76.0 Å². The number of nitrogens with one attached hydrogen (secondary N) is 1. The van der Waals surface area contributed by atoms with Crippen molar-refractivity contribution in [1.82, 2.24) is 5.32 Å². The summed E-state index contributed by atoms with van der Waals surface area (Å²) in [6.45, 7) is 0.114. The van der Waals surface area contributed by atoms with Crippen LogP contribution in [-0.4, -0.2) is 17.8 Å². The zero-order valence-corrected chi connectivity index (χ0v) is 20.2. The number of carbonyl (C=O) groups excluding carboxylic acids is 3. The first-order valence-corrected chi connectivity index (χ1v) is 11.3. The molecule has 1 saturated heterocycles. The Balaban J connectivity index is 1.73. The van der Waals surface area contributed by atoms with Crippen LogP contribution in [0.4, 0.5) is 10.5 Å². The van der Waals surface area contributed by atoms with Crippen LogP contribution in [0.15, 0.2) is 66.2 Å². The molecule has 172 valence electrons. The molecule has 0 spiro atoms. The van der Waals surface area contributed by atoms with Gasteiger partial charge in [-0.05, 0) is 48.0 Å². The molecule has 6 nitrogen and oxygen atoms in total. The van der Waals surface area contributed by atoms with E-state index in [2.05, 4.69) is 5.32 Å². The molecule has 1 heterocycles. The molecule has 4 rings (SSSR count). The average molecular weight is 536 g/mol. The highest BCUT2D eigenvalue weighted by Crippen LogP contribution is 2.36. The van der Waals surface area contributed by atoms with Crippen LogP contribution in [0.3, 0.4) is 0 Å². The number of anilines is 1. The van der Waals surface area contributed by atoms with Gasteiger partial charge < -0.3 is 4.74 Å². The fraction of sp³-hybridized carbons (Fsp3) is 0.0417. The molecule has 1 aliphatic rings. The minimum atomic E-state index is -0.915. The second-order valence-corrected chi connectivity index (χ2v) is 8.82. The van der Waals surface area contributed by atoms with E-state index >= 15 is 0 Å². The largest absolute Gasteiger partial charge is 0.487 e. The van der Waals surface area contributed by atoms with E-state index in [-0.39, 0.29) is 44.2 Å². The number of para-hydroxylation sites is 1. The van der Waals surface area contributed by atoms with Crippen molar-refractivity contribution in [1.29, 1.82) is 0 Å². The molecule has 0 atom stereocenters. The first-order chi connectivity index (χ1) is 16.2. The fourth-order valence-corrected chi connectivity index (χ4v) is 4.28. The first kappa shape index (κ1) is 24.1. The number of halogens is 4. The Morgan fingerprint density at radius 1 is 0.853 bits per heavy atom. The van der Waals surface area contributed by atoms with Gasteiger partial charge in [0.15, 0.2) is 0 Å². The van der Waals surface area contributed by atoms with Crippen LogP contribution < -0.4 is 15.0 Å². The normalized spacial score (nSPS) is 15.0. The average Bonchev–Trinajstić information content (AvgIpc) is 2.77. The summed E-state index contributed by atoms with van der Waals surface area (Å²) in [6, 6.07) is 15.4. The van der Waals surface area contributed by atoms with Crippen molar-refractivity contribution in [2.75, 3.05) is 4.90 Å². The van der Waals surface area contributed by atoms with E-state index in [1.54, 1.807) is 30.3 Å². The van der Waals surface area contributed by atoms with E-state index in [0.29, 0.717) is 5.02 Å². The van der Waals surface area contributed by atoms with Gasteiger partial charge >= 0.3 is 6.03 Å². The van der Waals surface area contributed by atoms with E-state index in [1.165, 1.54) is 30.3 Å². The van der Waals surface area contributed by atoms with E-state index in [9.17, 15) is 14.4 Å². The summed E-state index contributed by atoms with van der Waals surface area (Å²) in [5.74, 6) is -1.55. The van der Waals surface area contributed by atoms with Crippen LogP contribution >= 0.6 is 46.4 Å². The van der Waals surface area contributed by atoms with Gasteiger partial charge in [0.25, 0.3) is 11.8 Å². The third kappa shape index (κ3) is 5.05. The maximum Gasteiger partial charge on any atom is 0.335 e. The second kappa shape index (κ2) is 10.1. The predicted octanol–water partition coefficient (Wildman–Crippen LogP) is 6.55. The lowest BCUT2D eigenvalue weighted by molar-refractivity contribution is -0.122. The highest BCUT2D eigenvalue weighted by molar-refractivity contribution is 6.42. The van der Waals surface area contributed by atoms with Crippen LogP contribution in [0.1, 0.15) is 11.1 Å². The van der Waals surface area contributed by atoms with Crippen LogP contribution in [0.5, 0.6) is 5.75 Å². The lowest BCUT2D eigenvalue weighted by Crippen LogP contribution is -2.54. The van der Waals surface area contributed by atoms with Crippen molar-refractivity contribution in [3.63, 3.8) is 0 Å². The Hall–Kier alpha value is -3.03. The number of hydrogen-bond acceptors (Lipinski definition) is 4. The van der Waals surface area contributed by atoms with Crippen LogP contribution in [-0.2, 0) is 16.2 Å². The Kier molecular flexibility index (Phi) is 7.14. The van der Waals surface area contributed by atoms with E-state index in [4.69, 9.17) is 51.1 Å². The molecule has 3 aromatic rings. The van der Waals surface area contributed by atoms with Gasteiger partial charge in [0, 0.05) is 15.6 Å². The smallest absolute Gasteiger partial charge is 0.335 e. The predicted molar refractivity (Wildman–Crippen MR) is 133 cm³/mol. The number of rotatable bonds is 5. The van der Waals surface area contributed by atoms with Gasteiger partial charge in [-0.25, -0.2) is 9.69 Å². The van der Waals surface area contributed by atoms with Gasteiger partial charge in [0.05, 0.1) is 15.7 Å². The topological polar surface area (TPSA) is 75.7 Å². The van der Waals surface area contributed by atoms with E-state index in [0.717, 1.165) is 10.5 Å². The van der Waals surface area contributed by atoms with Crippen molar-refractivity contribution < 1.29 is 19.1 Å². The minimum absolute atomic E-state index is 0.114. The van der Waals surface area contributed by atoms with Gasteiger partial charge in [0.1, 0.15) is 17.9 Å². The number of hydrogen-bond donors (Lipinski definition) is 1. The zero-order valence-electron chi connectivity index (χ0n) is 17.2. The van der Waals surface area contributed by atoms with Crippen molar-refractivity contribution in [3.05, 3.63) is 97.5 Å². The van der Waals surface area contributed by atoms with Crippen LogP contribution in [0, 0.1) is 0 Å². The van der Waals surface area contributed by atoms with E-state index in [1.807, 2.05) is 6.07 Å². The summed E-state index contributed by atoms with van der Waals surface area (Å²) in [5.41, 5.74) is 0.850. The van der Waals surface area contributed by atoms with Gasteiger partial charge in [-0.15, -0.1) is 0 Å². The molecule has 34 heavy (non-hydrogen) atoms. The van der Waals surface area contributed by atoms with Gasteiger partial charge in [-0.2, -0.15) is 0 Å². The SMILES string of the molecule is O=C1NC(=O)N(c2ccccc2Cl)C(=O)/C1=C/c1cc(Cl)cc(Cl)c1OCc1cccc(Cl)c1. The first-order valence-electron chi connectivity index (χ1n) is 9.77. The molecule has 4 amide bonds. The highest BCUT2D eigenvalue weighted by atomic mass is 35.5. The lowest BCUT2D eigenvalue weighted by atomic mass is 10.1. The van der Waals surface area contributed by atoms with Crippen molar-refractivity contribution in [2.24, 2.45) is 0 Å². The quantitative estimate of drug-likeness (QED) is 0.297. The van der Waals surface area contributed by atoms with Crippen LogP contribution in [0.2, 0.25) is 20.1 Å². The summed E-state index contributed by atoms with van der Waals surface area (Å²) in [5, 5.41) is 3.28. The monoisotopic (exact) mass is 534 g/mol. The molecule has 0 aromatic heterocycles. The number of ether oxygens (including phenoxy) is 1. The Bertz CT molecular complexity index is 1360. The van der Waals surface area contributed by atoms with Gasteiger partial charge in [-0.3, -0.25) is 14.9 Å². The maximum atomic E-state index is 13.2. The zero-order chi connectivity index (χ0) is 24.4. The lowest BCUT2D eigenvalue weighted by Gasteiger charge is -2.27. The molecule has 0 aliphatic carbocycles. The Morgan fingerprint density at radius 3 is 2.35 bits per heavy atom. The number of urea groups is 1. The second-order valence-electron chi connectivity index (χ2n) is 7.13. The number of barbiturate groups is 1. The third-order valence-corrected chi connectivity index (χ3v) is 5.86. The maximum absolute atomic E-state index is 13.2. The summed E-state index contributed by atoms with van der Waals surface area (Å²) >= 11 is 24.7. The molecule has 0 bridgehead atoms. The molecule has 3 aromatic carbocycles. The molecule has 1 fully saturated rings. The minimum Gasteiger partial charge on any atom is -0.487 e. The number of amides is 4. The molecule has 0 saturated carbocycles. The molecule has 10 heteroatoms. The summed E-state index contributed by atoms with van der Waals surface area (Å²) in [6.07, 6.45) is 1.26. The number of benzene rings is 3. The van der Waals surface area contributed by atoms with Gasteiger partial charge in [0.2, 0.25) is 0 Å². The number of nitrogens with zero attached hydrogens (tertiary/aromatic N) is 1. The highest BCUT2D eigenvalue weighted by Gasteiger charge is 2.37. The molecule has 1 aliphatic heterocycles. The molecular weight excluding hydrogens is 522 g/mol. The molecule has 1 N–H and O–H groups in total. The summed E-state index contributed by atoms with van der Waals surface area (Å²) in [4.78, 5) is 39.0. The van der Waals surface area contributed by atoms with Gasteiger partial charge in [-0.1, -0.05) is 70.7 Å². The third-order valence-electron chi connectivity index (χ3n) is 4.80. The van der Waals surface area contributed by atoms with Crippen LogP contribution in [0.25, 0.3) is 6.08 Å². The Morgan fingerprint density at radius 2 is 1.62 bits per heavy atom.